The number of aliphatic hydroxyl groups is 1. The van der Waals surface area contributed by atoms with E-state index in [2.05, 4.69) is 20.9 Å². The average molecular weight is 501 g/mol. The number of piperazine rings is 1. The number of hydrogen-bond donors (Lipinski definition) is 5. The molecule has 3 amide bonds. The first-order chi connectivity index (χ1) is 16.1. The number of aliphatic hydroxyl groups excluding tert-OH is 1. The van der Waals surface area contributed by atoms with Gasteiger partial charge in [-0.25, -0.2) is 0 Å². The van der Waals surface area contributed by atoms with Crippen molar-refractivity contribution in [3.8, 4) is 0 Å². The van der Waals surface area contributed by atoms with Gasteiger partial charge in [-0.3, -0.25) is 19.3 Å². The molecule has 2 aliphatic heterocycles. The molecule has 0 unspecified atom stereocenters. The molecule has 0 spiro atoms. The molecule has 0 aromatic carbocycles. The Morgan fingerprint density at radius 3 is 2.65 bits per heavy atom. The number of likely N-dealkylation sites (tertiary alicyclic amines) is 1. The molecule has 0 saturated carbocycles. The Bertz CT molecular complexity index is 698. The van der Waals surface area contributed by atoms with Gasteiger partial charge in [-0.15, -0.1) is 11.8 Å². The maximum atomic E-state index is 13.4. The van der Waals surface area contributed by atoms with Crippen LogP contribution in [-0.4, -0.2) is 121 Å². The van der Waals surface area contributed by atoms with E-state index in [9.17, 15) is 19.5 Å². The summed E-state index contributed by atoms with van der Waals surface area (Å²) < 4.78 is 5.54. The molecule has 12 heteroatoms. The first-order valence-corrected chi connectivity index (χ1v) is 12.9. The highest BCUT2D eigenvalue weighted by atomic mass is 32.2. The van der Waals surface area contributed by atoms with E-state index in [1.807, 2.05) is 20.8 Å². The maximum absolute atomic E-state index is 13.4. The van der Waals surface area contributed by atoms with Crippen LogP contribution in [0.3, 0.4) is 0 Å². The van der Waals surface area contributed by atoms with Crippen LogP contribution in [0.4, 0.5) is 0 Å². The standard InChI is InChI=1S/C22H40N6O5S/c1-22(2,3)19(26-18(30)14-33-10-9-27-7-4-24-5-8-27)21(32)28-13-16(29)12-17(28)20(31)25-6-11-34-15-23/h15-17,19,23-24,29H,4-14H2,1-3H3,(H,25,31)(H,26,30)/t16-,17+,19-/m1/s1. The lowest BCUT2D eigenvalue weighted by Crippen LogP contribution is -2.58. The Kier molecular flexibility index (Phi) is 11.7. The van der Waals surface area contributed by atoms with Crippen LogP contribution < -0.4 is 16.0 Å². The van der Waals surface area contributed by atoms with Gasteiger partial charge in [0.05, 0.1) is 18.3 Å². The quantitative estimate of drug-likeness (QED) is 0.128. The SMILES string of the molecule is CC(C)(C)[C@H](NC(=O)COCCN1CCNCC1)C(=O)N1C[C@H](O)C[C@H]1C(=O)NCCSC=N. The zero-order chi connectivity index (χ0) is 25.1. The van der Waals surface area contributed by atoms with Gasteiger partial charge < -0.3 is 36.1 Å². The number of hydrogen-bond acceptors (Lipinski definition) is 9. The van der Waals surface area contributed by atoms with Crippen LogP contribution in [0.2, 0.25) is 0 Å². The predicted molar refractivity (Wildman–Crippen MR) is 132 cm³/mol. The fraction of sp³-hybridized carbons (Fsp3) is 0.818. The van der Waals surface area contributed by atoms with E-state index in [1.54, 1.807) is 0 Å². The van der Waals surface area contributed by atoms with Crippen LogP contribution in [0, 0.1) is 10.8 Å². The van der Waals surface area contributed by atoms with Gasteiger partial charge in [0.2, 0.25) is 17.7 Å². The highest BCUT2D eigenvalue weighted by Gasteiger charge is 2.44. The normalized spacial score (nSPS) is 22.3. The lowest BCUT2D eigenvalue weighted by atomic mass is 9.85. The van der Waals surface area contributed by atoms with Gasteiger partial charge in [-0.1, -0.05) is 20.8 Å². The Labute approximate surface area is 206 Å². The second-order valence-corrected chi connectivity index (χ2v) is 10.7. The second-order valence-electron chi connectivity index (χ2n) is 9.69. The number of nitrogens with zero attached hydrogens (tertiary/aromatic N) is 2. The Morgan fingerprint density at radius 2 is 2.00 bits per heavy atom. The van der Waals surface area contributed by atoms with Crippen molar-refractivity contribution in [3.05, 3.63) is 0 Å². The molecule has 2 heterocycles. The Morgan fingerprint density at radius 1 is 1.29 bits per heavy atom. The van der Waals surface area contributed by atoms with E-state index in [0.717, 1.165) is 32.7 Å². The molecule has 194 valence electrons. The first kappa shape index (κ1) is 28.5. The summed E-state index contributed by atoms with van der Waals surface area (Å²) in [5.41, 5.74) is 0.593. The van der Waals surface area contributed by atoms with Crippen molar-refractivity contribution in [1.82, 2.24) is 25.8 Å². The molecule has 5 N–H and O–H groups in total. The van der Waals surface area contributed by atoms with E-state index in [-0.39, 0.29) is 25.5 Å². The smallest absolute Gasteiger partial charge is 0.246 e. The monoisotopic (exact) mass is 500 g/mol. The predicted octanol–water partition coefficient (Wildman–Crippen LogP) is -1.14. The number of β-amino-alcohol motifs (C(OH)–C–C–N with tert-alkyl or cyclic N) is 1. The van der Waals surface area contributed by atoms with Crippen molar-refractivity contribution >= 4 is 35.0 Å². The summed E-state index contributed by atoms with van der Waals surface area (Å²) in [6.45, 7) is 10.8. The molecule has 2 rings (SSSR count). The van der Waals surface area contributed by atoms with Crippen molar-refractivity contribution in [2.45, 2.75) is 45.4 Å². The molecule has 2 fully saturated rings. The first-order valence-electron chi connectivity index (χ1n) is 11.8. The highest BCUT2D eigenvalue weighted by Crippen LogP contribution is 2.26. The molecule has 0 bridgehead atoms. The molecule has 3 atom stereocenters. The van der Waals surface area contributed by atoms with Crippen LogP contribution in [0.5, 0.6) is 0 Å². The molecule has 0 aromatic rings. The summed E-state index contributed by atoms with van der Waals surface area (Å²) in [4.78, 5) is 42.3. The fourth-order valence-electron chi connectivity index (χ4n) is 4.03. The van der Waals surface area contributed by atoms with Gasteiger partial charge in [0.15, 0.2) is 0 Å². The minimum Gasteiger partial charge on any atom is -0.391 e. The van der Waals surface area contributed by atoms with Crippen LogP contribution in [0.25, 0.3) is 0 Å². The van der Waals surface area contributed by atoms with Gasteiger partial charge in [-0.2, -0.15) is 0 Å². The summed E-state index contributed by atoms with van der Waals surface area (Å²) >= 11 is 1.26. The average Bonchev–Trinajstić information content (AvgIpc) is 3.19. The number of rotatable bonds is 12. The molecule has 2 saturated heterocycles. The van der Waals surface area contributed by atoms with E-state index in [4.69, 9.17) is 10.1 Å². The second kappa shape index (κ2) is 14.0. The summed E-state index contributed by atoms with van der Waals surface area (Å²) in [5, 5.41) is 26.0. The molecule has 0 aromatic heterocycles. The molecular weight excluding hydrogens is 460 g/mol. The van der Waals surface area contributed by atoms with Gasteiger partial charge in [0, 0.05) is 58.0 Å². The van der Waals surface area contributed by atoms with Gasteiger partial charge in [0.1, 0.15) is 18.7 Å². The lowest BCUT2D eigenvalue weighted by molar-refractivity contribution is -0.144. The molecule has 11 nitrogen and oxygen atoms in total. The Balaban J connectivity index is 1.91. The zero-order valence-corrected chi connectivity index (χ0v) is 21.3. The van der Waals surface area contributed by atoms with E-state index < -0.39 is 35.4 Å². The third-order valence-corrected chi connectivity index (χ3v) is 6.49. The van der Waals surface area contributed by atoms with E-state index >= 15 is 0 Å². The fourth-order valence-corrected chi connectivity index (χ4v) is 4.36. The number of thioether (sulfide) groups is 1. The number of nitrogens with one attached hydrogen (secondary N) is 4. The largest absolute Gasteiger partial charge is 0.391 e. The maximum Gasteiger partial charge on any atom is 0.246 e. The zero-order valence-electron chi connectivity index (χ0n) is 20.5. The molecular formula is C22H40N6O5S. The topological polar surface area (TPSA) is 147 Å². The summed E-state index contributed by atoms with van der Waals surface area (Å²) in [5.74, 6) is -0.579. The summed E-state index contributed by atoms with van der Waals surface area (Å²) in [7, 11) is 0. The van der Waals surface area contributed by atoms with Crippen LogP contribution >= 0.6 is 11.8 Å². The van der Waals surface area contributed by atoms with Crippen molar-refractivity contribution in [3.63, 3.8) is 0 Å². The summed E-state index contributed by atoms with van der Waals surface area (Å²) in [6.07, 6.45) is -0.657. The number of ether oxygens (including phenoxy) is 1. The molecule has 0 radical (unpaired) electrons. The third kappa shape index (κ3) is 9.14. The molecule has 0 aliphatic carbocycles. The molecule has 34 heavy (non-hydrogen) atoms. The highest BCUT2D eigenvalue weighted by molar-refractivity contribution is 8.11. The van der Waals surface area contributed by atoms with Crippen LogP contribution in [-0.2, 0) is 19.1 Å². The van der Waals surface area contributed by atoms with Crippen LogP contribution in [0.15, 0.2) is 0 Å². The number of amides is 3. The van der Waals surface area contributed by atoms with E-state index in [0.29, 0.717) is 18.9 Å². The van der Waals surface area contributed by atoms with Gasteiger partial charge in [-0.05, 0) is 5.41 Å². The van der Waals surface area contributed by atoms with Crippen LogP contribution in [0.1, 0.15) is 27.2 Å². The van der Waals surface area contributed by atoms with Crippen molar-refractivity contribution in [2.24, 2.45) is 5.41 Å². The number of carbonyl (C=O) groups is 3. The van der Waals surface area contributed by atoms with Gasteiger partial charge in [0.25, 0.3) is 0 Å². The lowest BCUT2D eigenvalue weighted by Gasteiger charge is -2.35. The summed E-state index contributed by atoms with van der Waals surface area (Å²) in [6, 6.07) is -1.67. The minimum absolute atomic E-state index is 0.0375. The van der Waals surface area contributed by atoms with Crippen molar-refractivity contribution in [2.75, 3.05) is 64.8 Å². The number of carbonyl (C=O) groups excluding carboxylic acids is 3. The van der Waals surface area contributed by atoms with Crippen molar-refractivity contribution < 1.29 is 24.2 Å². The Hall–Kier alpha value is -1.73. The molecule has 2 aliphatic rings. The third-order valence-electron chi connectivity index (χ3n) is 5.88. The van der Waals surface area contributed by atoms with E-state index in [1.165, 1.54) is 22.2 Å². The van der Waals surface area contributed by atoms with Crippen molar-refractivity contribution in [1.29, 1.82) is 5.41 Å². The van der Waals surface area contributed by atoms with Gasteiger partial charge >= 0.3 is 0 Å². The minimum atomic E-state index is -0.870.